The number of nitro benzene ring substituents is 1. The molecule has 0 fully saturated rings. The zero-order chi connectivity index (χ0) is 15.6. The molecule has 21 heavy (non-hydrogen) atoms. The molecule has 0 spiro atoms. The van der Waals surface area contributed by atoms with Crippen LogP contribution in [0.4, 0.5) is 10.1 Å². The number of ether oxygens (including phenoxy) is 1. The van der Waals surface area contributed by atoms with E-state index in [1.807, 2.05) is 0 Å². The first kappa shape index (κ1) is 14.7. The van der Waals surface area contributed by atoms with Gasteiger partial charge in [0.15, 0.2) is 5.82 Å². The molecule has 0 aliphatic carbocycles. The summed E-state index contributed by atoms with van der Waals surface area (Å²) in [7, 11) is 0. The Kier molecular flexibility index (Phi) is 3.99. The normalized spacial score (nSPS) is 10.2. The first-order chi connectivity index (χ1) is 9.91. The molecule has 0 aliphatic rings. The summed E-state index contributed by atoms with van der Waals surface area (Å²) in [5, 5.41) is 19.5. The first-order valence-electron chi connectivity index (χ1n) is 5.40. The Hall–Kier alpha value is -2.74. The van der Waals surface area contributed by atoms with Gasteiger partial charge in [-0.2, -0.15) is 0 Å². The predicted molar refractivity (Wildman–Crippen MR) is 69.3 cm³/mol. The van der Waals surface area contributed by atoms with Crippen molar-refractivity contribution in [2.45, 2.75) is 0 Å². The molecule has 0 aliphatic heterocycles. The summed E-state index contributed by atoms with van der Waals surface area (Å²) in [6.07, 6.45) is 1.00. The number of rotatable bonds is 4. The average molecular weight is 313 g/mol. The van der Waals surface area contributed by atoms with Crippen LogP contribution in [-0.2, 0) is 0 Å². The van der Waals surface area contributed by atoms with Crippen molar-refractivity contribution < 1.29 is 24.0 Å². The van der Waals surface area contributed by atoms with Crippen molar-refractivity contribution in [1.82, 2.24) is 4.98 Å². The fourth-order valence-electron chi connectivity index (χ4n) is 1.50. The number of aromatic carboxylic acids is 1. The van der Waals surface area contributed by atoms with Crippen LogP contribution in [0.25, 0.3) is 0 Å². The fraction of sp³-hybridized carbons (Fsp3) is 0. The minimum atomic E-state index is -1.52. The highest BCUT2D eigenvalue weighted by Crippen LogP contribution is 2.38. The number of halogens is 2. The topological polar surface area (TPSA) is 103 Å². The van der Waals surface area contributed by atoms with E-state index in [1.165, 1.54) is 12.1 Å². The predicted octanol–water partition coefficient (Wildman–Crippen LogP) is 3.27. The molecule has 0 saturated heterocycles. The first-order valence-corrected chi connectivity index (χ1v) is 5.78. The average Bonchev–Trinajstić information content (AvgIpc) is 2.42. The number of aromatic nitrogens is 1. The second kappa shape index (κ2) is 5.71. The Morgan fingerprint density at radius 3 is 2.76 bits per heavy atom. The summed E-state index contributed by atoms with van der Waals surface area (Å²) >= 11 is 5.78. The van der Waals surface area contributed by atoms with Gasteiger partial charge in [0.25, 0.3) is 5.88 Å². The second-order valence-corrected chi connectivity index (χ2v) is 4.14. The van der Waals surface area contributed by atoms with E-state index in [-0.39, 0.29) is 5.02 Å². The Labute approximate surface area is 121 Å². The molecule has 0 saturated carbocycles. The quantitative estimate of drug-likeness (QED) is 0.686. The van der Waals surface area contributed by atoms with Crippen molar-refractivity contribution in [3.63, 3.8) is 0 Å². The summed E-state index contributed by atoms with van der Waals surface area (Å²) in [5.41, 5.74) is -1.17. The molecular weight excluding hydrogens is 307 g/mol. The summed E-state index contributed by atoms with van der Waals surface area (Å²) in [6.45, 7) is 0. The van der Waals surface area contributed by atoms with Crippen LogP contribution in [0.2, 0.25) is 5.02 Å². The molecule has 9 heteroatoms. The molecule has 7 nitrogen and oxygen atoms in total. The summed E-state index contributed by atoms with van der Waals surface area (Å²) in [4.78, 5) is 24.4. The third-order valence-electron chi connectivity index (χ3n) is 2.43. The van der Waals surface area contributed by atoms with Gasteiger partial charge in [-0.3, -0.25) is 10.1 Å². The third kappa shape index (κ3) is 2.90. The molecule has 0 bridgehead atoms. The number of para-hydroxylation sites is 1. The maximum absolute atomic E-state index is 13.9. The molecule has 0 radical (unpaired) electrons. The van der Waals surface area contributed by atoms with E-state index in [0.29, 0.717) is 0 Å². The van der Waals surface area contributed by atoms with Gasteiger partial charge in [-0.05, 0) is 12.1 Å². The molecule has 0 unspecified atom stereocenters. The lowest BCUT2D eigenvalue weighted by atomic mass is 10.2. The number of pyridine rings is 1. The van der Waals surface area contributed by atoms with Crippen LogP contribution < -0.4 is 4.74 Å². The van der Waals surface area contributed by atoms with E-state index in [1.54, 1.807) is 0 Å². The van der Waals surface area contributed by atoms with E-state index in [2.05, 4.69) is 4.98 Å². The van der Waals surface area contributed by atoms with Crippen molar-refractivity contribution >= 4 is 23.3 Å². The number of hydrogen-bond donors (Lipinski definition) is 1. The van der Waals surface area contributed by atoms with Gasteiger partial charge in [-0.1, -0.05) is 17.7 Å². The molecule has 2 aromatic rings. The number of nitro groups is 1. The minimum absolute atomic E-state index is 0.133. The van der Waals surface area contributed by atoms with Gasteiger partial charge in [0.05, 0.1) is 9.95 Å². The molecule has 2 rings (SSSR count). The number of hydrogen-bond acceptors (Lipinski definition) is 5. The highest BCUT2D eigenvalue weighted by molar-refractivity contribution is 6.32. The molecule has 108 valence electrons. The monoisotopic (exact) mass is 312 g/mol. The summed E-state index contributed by atoms with van der Waals surface area (Å²) in [5.74, 6) is -3.91. The largest absolute Gasteiger partial charge is 0.478 e. The maximum Gasteiger partial charge on any atom is 0.338 e. The lowest BCUT2D eigenvalue weighted by molar-refractivity contribution is -0.385. The Morgan fingerprint density at radius 2 is 2.14 bits per heavy atom. The van der Waals surface area contributed by atoms with Crippen molar-refractivity contribution in [1.29, 1.82) is 0 Å². The second-order valence-electron chi connectivity index (χ2n) is 3.73. The lowest BCUT2D eigenvalue weighted by Gasteiger charge is -2.08. The van der Waals surface area contributed by atoms with E-state index in [4.69, 9.17) is 21.4 Å². The van der Waals surface area contributed by atoms with E-state index < -0.39 is 39.6 Å². The van der Waals surface area contributed by atoms with Crippen molar-refractivity contribution in [3.8, 4) is 11.6 Å². The SMILES string of the molecule is O=C(O)c1ccnc(Oc2c(Cl)cccc2[N+](=O)[O-])c1F. The van der Waals surface area contributed by atoms with Crippen LogP contribution >= 0.6 is 11.6 Å². The number of benzene rings is 1. The number of carboxylic acid groups (broad SMARTS) is 1. The Balaban J connectivity index is 2.51. The van der Waals surface area contributed by atoms with Crippen LogP contribution in [-0.4, -0.2) is 21.0 Å². The van der Waals surface area contributed by atoms with E-state index >= 15 is 0 Å². The van der Waals surface area contributed by atoms with E-state index in [9.17, 15) is 19.3 Å². The van der Waals surface area contributed by atoms with Gasteiger partial charge in [0.1, 0.15) is 5.56 Å². The summed E-state index contributed by atoms with van der Waals surface area (Å²) in [6, 6.07) is 4.68. The smallest absolute Gasteiger partial charge is 0.338 e. The molecular formula is C12H6ClFN2O5. The number of nitrogens with zero attached hydrogens (tertiary/aromatic N) is 2. The van der Waals surface area contributed by atoms with Gasteiger partial charge >= 0.3 is 11.7 Å². The van der Waals surface area contributed by atoms with Crippen LogP contribution in [0, 0.1) is 15.9 Å². The van der Waals surface area contributed by atoms with Gasteiger partial charge in [0, 0.05) is 12.3 Å². The fourth-order valence-corrected chi connectivity index (χ4v) is 1.71. The lowest BCUT2D eigenvalue weighted by Crippen LogP contribution is -2.04. The van der Waals surface area contributed by atoms with Crippen molar-refractivity contribution in [2.75, 3.05) is 0 Å². The van der Waals surface area contributed by atoms with Crippen LogP contribution in [0.1, 0.15) is 10.4 Å². The van der Waals surface area contributed by atoms with Crippen molar-refractivity contribution in [2.24, 2.45) is 0 Å². The van der Waals surface area contributed by atoms with Gasteiger partial charge in [-0.25, -0.2) is 14.2 Å². The van der Waals surface area contributed by atoms with E-state index in [0.717, 1.165) is 18.3 Å². The van der Waals surface area contributed by atoms with Gasteiger partial charge < -0.3 is 9.84 Å². The Bertz CT molecular complexity index is 738. The van der Waals surface area contributed by atoms with Gasteiger partial charge in [0.2, 0.25) is 5.75 Å². The molecule has 0 amide bonds. The van der Waals surface area contributed by atoms with Crippen LogP contribution in [0.5, 0.6) is 11.6 Å². The van der Waals surface area contributed by atoms with Gasteiger partial charge in [-0.15, -0.1) is 0 Å². The van der Waals surface area contributed by atoms with Crippen molar-refractivity contribution in [3.05, 3.63) is 57.0 Å². The summed E-state index contributed by atoms with van der Waals surface area (Å²) < 4.78 is 18.9. The minimum Gasteiger partial charge on any atom is -0.478 e. The third-order valence-corrected chi connectivity index (χ3v) is 2.73. The molecule has 0 atom stereocenters. The number of carbonyl (C=O) groups is 1. The molecule has 1 aromatic carbocycles. The number of carboxylic acids is 1. The molecule has 1 N–H and O–H groups in total. The molecule has 1 heterocycles. The van der Waals surface area contributed by atoms with Crippen LogP contribution in [0.15, 0.2) is 30.5 Å². The standard InChI is InChI=1S/C12H6ClFN2O5/c13-7-2-1-3-8(16(19)20)10(7)21-11-9(14)6(12(17)18)4-5-15-11/h1-5H,(H,17,18). The maximum atomic E-state index is 13.9. The molecule has 1 aromatic heterocycles. The van der Waals surface area contributed by atoms with Crippen LogP contribution in [0.3, 0.4) is 0 Å². The highest BCUT2D eigenvalue weighted by Gasteiger charge is 2.23. The Morgan fingerprint density at radius 1 is 1.43 bits per heavy atom. The zero-order valence-corrected chi connectivity index (χ0v) is 10.9. The highest BCUT2D eigenvalue weighted by atomic mass is 35.5. The zero-order valence-electron chi connectivity index (χ0n) is 10.1.